The first-order valence-electron chi connectivity index (χ1n) is 7.87. The predicted molar refractivity (Wildman–Crippen MR) is 90.5 cm³/mol. The summed E-state index contributed by atoms with van der Waals surface area (Å²) in [7, 11) is 1.57. The topological polar surface area (TPSA) is 71.6 Å². The Morgan fingerprint density at radius 1 is 1.08 bits per heavy atom. The second-order valence-corrected chi connectivity index (χ2v) is 5.55. The first-order chi connectivity index (χ1) is 11.8. The molecule has 126 valence electrons. The molecule has 0 spiro atoms. The van der Waals surface area contributed by atoms with E-state index in [0.29, 0.717) is 11.5 Å². The smallest absolute Gasteiger partial charge is 0.259 e. The second-order valence-electron chi connectivity index (χ2n) is 5.55. The Kier molecular flexibility index (Phi) is 5.30. The molecule has 6 heteroatoms. The summed E-state index contributed by atoms with van der Waals surface area (Å²) in [5.74, 6) is 0.971. The number of ether oxygens (including phenoxy) is 2. The minimum atomic E-state index is -0.186. The van der Waals surface area contributed by atoms with Crippen molar-refractivity contribution in [3.05, 3.63) is 60.2 Å². The fourth-order valence-electron chi connectivity index (χ4n) is 2.67. The number of amides is 1. The molecule has 2 aromatic carbocycles. The molecule has 3 N–H and O–H groups in total. The average Bonchev–Trinajstić information content (AvgIpc) is 3.09. The van der Waals surface area contributed by atoms with E-state index in [2.05, 4.69) is 28.3 Å². The van der Waals surface area contributed by atoms with Crippen LogP contribution in [0.15, 0.2) is 54.6 Å². The number of para-hydroxylation sites is 2. The van der Waals surface area contributed by atoms with Gasteiger partial charge in [-0.1, -0.05) is 42.5 Å². The summed E-state index contributed by atoms with van der Waals surface area (Å²) in [6.45, 7) is -0.0610. The van der Waals surface area contributed by atoms with E-state index in [1.165, 1.54) is 5.56 Å². The Balaban J connectivity index is 1.48. The fraction of sp³-hybridized carbons (Fsp3) is 0.278. The third-order valence-corrected chi connectivity index (χ3v) is 3.87. The van der Waals surface area contributed by atoms with Gasteiger partial charge in [0.05, 0.1) is 13.3 Å². The van der Waals surface area contributed by atoms with Crippen molar-refractivity contribution in [2.75, 3.05) is 13.7 Å². The Morgan fingerprint density at radius 3 is 2.54 bits per heavy atom. The van der Waals surface area contributed by atoms with E-state index in [0.717, 1.165) is 6.42 Å². The summed E-state index contributed by atoms with van der Waals surface area (Å²) < 4.78 is 10.7. The van der Waals surface area contributed by atoms with Gasteiger partial charge >= 0.3 is 0 Å². The van der Waals surface area contributed by atoms with Gasteiger partial charge in [-0.2, -0.15) is 0 Å². The number of hydrazine groups is 1. The number of nitrogens with one attached hydrogen (secondary N) is 3. The molecule has 1 heterocycles. The molecule has 1 aliphatic heterocycles. The average molecular weight is 327 g/mol. The van der Waals surface area contributed by atoms with Crippen LogP contribution >= 0.6 is 0 Å². The third-order valence-electron chi connectivity index (χ3n) is 3.87. The lowest BCUT2D eigenvalue weighted by molar-refractivity contribution is -0.123. The van der Waals surface area contributed by atoms with Crippen molar-refractivity contribution in [3.63, 3.8) is 0 Å². The van der Waals surface area contributed by atoms with Crippen LogP contribution in [0.5, 0.6) is 11.5 Å². The highest BCUT2D eigenvalue weighted by Crippen LogP contribution is 2.25. The van der Waals surface area contributed by atoms with E-state index in [4.69, 9.17) is 9.47 Å². The molecule has 0 bridgehead atoms. The minimum Gasteiger partial charge on any atom is -0.493 e. The molecule has 0 saturated carbocycles. The van der Waals surface area contributed by atoms with E-state index < -0.39 is 0 Å². The highest BCUT2D eigenvalue weighted by Gasteiger charge is 2.25. The van der Waals surface area contributed by atoms with Crippen LogP contribution in [-0.2, 0) is 4.79 Å². The van der Waals surface area contributed by atoms with Crippen LogP contribution in [0.4, 0.5) is 0 Å². The van der Waals surface area contributed by atoms with Gasteiger partial charge in [-0.05, 0) is 17.7 Å². The van der Waals surface area contributed by atoms with Gasteiger partial charge in [0.25, 0.3) is 5.91 Å². The zero-order valence-corrected chi connectivity index (χ0v) is 13.5. The lowest BCUT2D eigenvalue weighted by Crippen LogP contribution is -2.45. The summed E-state index contributed by atoms with van der Waals surface area (Å²) in [4.78, 5) is 12.1. The van der Waals surface area contributed by atoms with Crippen LogP contribution in [0, 0.1) is 0 Å². The molecule has 6 nitrogen and oxygen atoms in total. The summed E-state index contributed by atoms with van der Waals surface area (Å²) in [6, 6.07) is 17.5. The van der Waals surface area contributed by atoms with Crippen molar-refractivity contribution in [3.8, 4) is 11.5 Å². The minimum absolute atomic E-state index is 0.0610. The largest absolute Gasteiger partial charge is 0.493 e. The fourth-order valence-corrected chi connectivity index (χ4v) is 2.67. The number of hydrogen-bond donors (Lipinski definition) is 3. The molecule has 1 saturated heterocycles. The first-order valence-corrected chi connectivity index (χ1v) is 7.87. The van der Waals surface area contributed by atoms with E-state index >= 15 is 0 Å². The Labute approximate surface area is 141 Å². The molecule has 0 aliphatic carbocycles. The zero-order valence-electron chi connectivity index (χ0n) is 13.5. The molecule has 1 aliphatic rings. The van der Waals surface area contributed by atoms with Gasteiger partial charge in [-0.15, -0.1) is 0 Å². The number of benzene rings is 2. The van der Waals surface area contributed by atoms with Crippen molar-refractivity contribution in [1.29, 1.82) is 0 Å². The van der Waals surface area contributed by atoms with E-state index in [1.54, 1.807) is 19.2 Å². The number of carbonyl (C=O) groups excluding carboxylic acids is 1. The van der Waals surface area contributed by atoms with Crippen LogP contribution in [0.2, 0.25) is 0 Å². The van der Waals surface area contributed by atoms with Gasteiger partial charge in [0.15, 0.2) is 18.1 Å². The molecule has 24 heavy (non-hydrogen) atoms. The molecule has 0 aromatic heterocycles. The van der Waals surface area contributed by atoms with Gasteiger partial charge in [0, 0.05) is 12.5 Å². The maximum absolute atomic E-state index is 12.1. The molecular formula is C18H21N3O3. The second kappa shape index (κ2) is 7.81. The normalized spacial score (nSPS) is 19.7. The molecule has 2 atom stereocenters. The number of methoxy groups -OCH3 is 1. The van der Waals surface area contributed by atoms with Crippen LogP contribution in [0.1, 0.15) is 18.0 Å². The van der Waals surface area contributed by atoms with Crippen molar-refractivity contribution in [1.82, 2.24) is 16.2 Å². The van der Waals surface area contributed by atoms with Crippen LogP contribution in [0.3, 0.4) is 0 Å². The monoisotopic (exact) mass is 327 g/mol. The zero-order chi connectivity index (χ0) is 16.8. The summed E-state index contributed by atoms with van der Waals surface area (Å²) >= 11 is 0. The van der Waals surface area contributed by atoms with Crippen molar-refractivity contribution in [2.24, 2.45) is 0 Å². The van der Waals surface area contributed by atoms with E-state index in [9.17, 15) is 4.79 Å². The highest BCUT2D eigenvalue weighted by atomic mass is 16.5. The van der Waals surface area contributed by atoms with Gasteiger partial charge in [0.1, 0.15) is 0 Å². The molecule has 0 radical (unpaired) electrons. The van der Waals surface area contributed by atoms with E-state index in [-0.39, 0.29) is 24.7 Å². The first kappa shape index (κ1) is 16.3. The van der Waals surface area contributed by atoms with Crippen LogP contribution in [-0.4, -0.2) is 25.8 Å². The summed E-state index contributed by atoms with van der Waals surface area (Å²) in [5.41, 5.74) is 7.48. The lowest BCUT2D eigenvalue weighted by Gasteiger charge is -2.14. The Morgan fingerprint density at radius 2 is 1.79 bits per heavy atom. The Hall–Kier alpha value is -2.57. The van der Waals surface area contributed by atoms with Crippen molar-refractivity contribution in [2.45, 2.75) is 18.6 Å². The van der Waals surface area contributed by atoms with Gasteiger partial charge in [-0.3, -0.25) is 4.79 Å². The summed E-state index contributed by atoms with van der Waals surface area (Å²) in [6.07, 6.45) is 0.633. The van der Waals surface area contributed by atoms with Gasteiger partial charge < -0.3 is 14.8 Å². The van der Waals surface area contributed by atoms with Crippen LogP contribution < -0.4 is 25.6 Å². The maximum Gasteiger partial charge on any atom is 0.259 e. The molecule has 3 rings (SSSR count). The molecule has 2 unspecified atom stereocenters. The molecule has 1 amide bonds. The Bertz CT molecular complexity index is 678. The molecule has 2 aromatic rings. The highest BCUT2D eigenvalue weighted by molar-refractivity contribution is 5.77. The third kappa shape index (κ3) is 4.04. The molecule has 1 fully saturated rings. The SMILES string of the molecule is COc1ccccc1OCC(=O)NC1CC(c2ccccc2)NN1. The van der Waals surface area contributed by atoms with Crippen molar-refractivity contribution < 1.29 is 14.3 Å². The lowest BCUT2D eigenvalue weighted by atomic mass is 10.0. The predicted octanol–water partition coefficient (Wildman–Crippen LogP) is 1.76. The van der Waals surface area contributed by atoms with E-state index in [1.807, 2.05) is 30.3 Å². The summed E-state index contributed by atoms with van der Waals surface area (Å²) in [5, 5.41) is 2.91. The standard InChI is InChI=1S/C18H21N3O3/c1-23-15-9-5-6-10-16(15)24-12-18(22)19-17-11-14(20-21-17)13-7-3-2-4-8-13/h2-10,14,17,20-21H,11-12H2,1H3,(H,19,22). The van der Waals surface area contributed by atoms with Gasteiger partial charge in [0.2, 0.25) is 0 Å². The quantitative estimate of drug-likeness (QED) is 0.754. The maximum atomic E-state index is 12.1. The van der Waals surface area contributed by atoms with Gasteiger partial charge in [-0.25, -0.2) is 10.9 Å². The number of carbonyl (C=O) groups is 1. The molecular weight excluding hydrogens is 306 g/mol. The number of hydrogen-bond acceptors (Lipinski definition) is 5. The van der Waals surface area contributed by atoms with Crippen molar-refractivity contribution >= 4 is 5.91 Å². The number of rotatable bonds is 6. The van der Waals surface area contributed by atoms with Crippen LogP contribution in [0.25, 0.3) is 0 Å².